The first kappa shape index (κ1) is 9.26. The normalized spacial score (nSPS) is 8.00. The zero-order chi connectivity index (χ0) is 5.98. The van der Waals surface area contributed by atoms with Gasteiger partial charge in [-0.25, -0.2) is 0 Å². The van der Waals surface area contributed by atoms with Crippen molar-refractivity contribution in [1.29, 1.82) is 0 Å². The average molecular weight is 334 g/mol. The van der Waals surface area contributed by atoms with Crippen molar-refractivity contribution in [2.75, 3.05) is 5.73 Å². The molecule has 45 valence electrons. The number of nitrogens with one attached hydrogen (secondary N) is 1. The van der Waals surface area contributed by atoms with Crippen LogP contribution in [0, 0.1) is 44.1 Å². The molecule has 1 rings (SSSR count). The fourth-order valence-corrected chi connectivity index (χ4v) is 0.483. The van der Waals surface area contributed by atoms with Gasteiger partial charge >= 0.3 is 0 Å². The molecule has 3 heteroatoms. The molecular formula is C6H7AcN2-. The first-order valence-electron chi connectivity index (χ1n) is 2.36. The second-order valence-electron chi connectivity index (χ2n) is 1.62. The van der Waals surface area contributed by atoms with Crippen molar-refractivity contribution >= 4 is 11.4 Å². The third-order valence-corrected chi connectivity index (χ3v) is 0.911. The van der Waals surface area contributed by atoms with E-state index in [2.05, 4.69) is 0 Å². The SMILES string of the molecule is [Ac].[NH-]c1ccc(N)cc1. The zero-order valence-corrected chi connectivity index (χ0v) is 9.71. The Bertz CT molecular complexity index is 150. The van der Waals surface area contributed by atoms with E-state index in [1.807, 2.05) is 0 Å². The first-order valence-corrected chi connectivity index (χ1v) is 2.36. The molecule has 9 heavy (non-hydrogen) atoms. The predicted molar refractivity (Wildman–Crippen MR) is 34.8 cm³/mol. The predicted octanol–water partition coefficient (Wildman–Crippen LogP) is 1.95. The van der Waals surface area contributed by atoms with E-state index >= 15 is 0 Å². The van der Waals surface area contributed by atoms with E-state index in [1.165, 1.54) is 0 Å². The quantitative estimate of drug-likeness (QED) is 0.725. The molecule has 0 aliphatic carbocycles. The van der Waals surface area contributed by atoms with E-state index in [0.29, 0.717) is 11.4 Å². The summed E-state index contributed by atoms with van der Waals surface area (Å²) in [6.07, 6.45) is 0. The molecule has 3 N–H and O–H groups in total. The Kier molecular flexibility index (Phi) is 4.26. The maximum Gasteiger partial charge on any atom is 0.0313 e. The summed E-state index contributed by atoms with van der Waals surface area (Å²) >= 11 is 0. The van der Waals surface area contributed by atoms with Gasteiger partial charge in [0.15, 0.2) is 0 Å². The minimum Gasteiger partial charge on any atom is -0.699 e. The Hall–Kier alpha value is 0.262. The van der Waals surface area contributed by atoms with Gasteiger partial charge in [0.1, 0.15) is 0 Å². The fraction of sp³-hybridized carbons (Fsp3) is 0. The molecule has 2 nitrogen and oxygen atoms in total. The van der Waals surface area contributed by atoms with Gasteiger partial charge in [0.05, 0.1) is 0 Å². The van der Waals surface area contributed by atoms with E-state index in [-0.39, 0.29) is 44.1 Å². The molecule has 0 saturated heterocycles. The standard InChI is InChI=1S/C6H7N2.Ac/c7-5-1-2-6(8)4-3-5;/h1-4,7H,8H2;/q-1;. The van der Waals surface area contributed by atoms with Crippen molar-refractivity contribution in [3.8, 4) is 0 Å². The van der Waals surface area contributed by atoms with Gasteiger partial charge in [-0.15, -0.1) is 5.69 Å². The van der Waals surface area contributed by atoms with Crippen LogP contribution in [0.25, 0.3) is 5.73 Å². The van der Waals surface area contributed by atoms with E-state index in [9.17, 15) is 0 Å². The van der Waals surface area contributed by atoms with Crippen molar-refractivity contribution < 1.29 is 44.1 Å². The van der Waals surface area contributed by atoms with Crippen LogP contribution in [0.4, 0.5) is 11.4 Å². The van der Waals surface area contributed by atoms with Crippen LogP contribution >= 0.6 is 0 Å². The summed E-state index contributed by atoms with van der Waals surface area (Å²) in [6.45, 7) is 0. The van der Waals surface area contributed by atoms with Gasteiger partial charge < -0.3 is 11.5 Å². The topological polar surface area (TPSA) is 49.8 Å². The van der Waals surface area contributed by atoms with E-state index < -0.39 is 0 Å². The number of hydrogen-bond donors (Lipinski definition) is 1. The Morgan fingerprint density at radius 2 is 1.56 bits per heavy atom. The monoisotopic (exact) mass is 334 g/mol. The average Bonchev–Trinajstić information content (AvgIpc) is 1.77. The molecule has 0 unspecified atom stereocenters. The van der Waals surface area contributed by atoms with Crippen molar-refractivity contribution in [1.82, 2.24) is 0 Å². The minimum atomic E-state index is 0. The third-order valence-electron chi connectivity index (χ3n) is 0.911. The maximum absolute atomic E-state index is 7.04. The zero-order valence-electron chi connectivity index (χ0n) is 4.96. The molecule has 1 aromatic carbocycles. The van der Waals surface area contributed by atoms with Gasteiger partial charge in [-0.05, 0) is 12.1 Å². The number of nitrogens with two attached hydrogens (primary N) is 1. The summed E-state index contributed by atoms with van der Waals surface area (Å²) in [5.41, 5.74) is 13.6. The molecule has 0 aliphatic heterocycles. The number of nitrogen functional groups attached to an aromatic ring is 1. The third kappa shape index (κ3) is 3.08. The van der Waals surface area contributed by atoms with Crippen LogP contribution in [-0.2, 0) is 0 Å². The first-order chi connectivity index (χ1) is 3.79. The van der Waals surface area contributed by atoms with Crippen molar-refractivity contribution in [2.45, 2.75) is 0 Å². The van der Waals surface area contributed by atoms with Gasteiger partial charge in [-0.1, -0.05) is 12.1 Å². The van der Waals surface area contributed by atoms with Crippen molar-refractivity contribution in [3.05, 3.63) is 30.0 Å². The van der Waals surface area contributed by atoms with Crippen LogP contribution < -0.4 is 5.73 Å². The summed E-state index contributed by atoms with van der Waals surface area (Å²) < 4.78 is 0. The molecule has 0 heterocycles. The molecule has 1 aromatic rings. The van der Waals surface area contributed by atoms with Crippen molar-refractivity contribution in [3.63, 3.8) is 0 Å². The van der Waals surface area contributed by atoms with Gasteiger partial charge in [-0.3, -0.25) is 0 Å². The smallest absolute Gasteiger partial charge is 0.0313 e. The Morgan fingerprint density at radius 3 is 1.89 bits per heavy atom. The molecular weight excluding hydrogens is 327 g/mol. The minimum absolute atomic E-state index is 0. The molecule has 0 aromatic heterocycles. The molecule has 0 saturated carbocycles. The largest absolute Gasteiger partial charge is 0.699 e. The summed E-state index contributed by atoms with van der Waals surface area (Å²) in [5.74, 6) is 0. The molecule has 0 aliphatic rings. The molecule has 0 spiro atoms. The van der Waals surface area contributed by atoms with E-state index in [0.717, 1.165) is 0 Å². The molecule has 0 amide bonds. The second kappa shape index (κ2) is 4.14. The number of hydrogen-bond acceptors (Lipinski definition) is 1. The maximum atomic E-state index is 7.04. The van der Waals surface area contributed by atoms with Gasteiger partial charge in [-0.2, -0.15) is 0 Å². The summed E-state index contributed by atoms with van der Waals surface area (Å²) in [7, 11) is 0. The number of anilines is 1. The Morgan fingerprint density at radius 1 is 1.11 bits per heavy atom. The summed E-state index contributed by atoms with van der Waals surface area (Å²) in [6, 6.07) is 6.75. The van der Waals surface area contributed by atoms with Gasteiger partial charge in [0.2, 0.25) is 0 Å². The van der Waals surface area contributed by atoms with E-state index in [1.54, 1.807) is 24.3 Å². The Balaban J connectivity index is 0.000000640. The second-order valence-corrected chi connectivity index (χ2v) is 1.62. The van der Waals surface area contributed by atoms with E-state index in [4.69, 9.17) is 11.5 Å². The molecule has 0 bridgehead atoms. The summed E-state index contributed by atoms with van der Waals surface area (Å²) in [4.78, 5) is 0. The van der Waals surface area contributed by atoms with Crippen LogP contribution in [0.5, 0.6) is 0 Å². The van der Waals surface area contributed by atoms with Crippen LogP contribution in [0.15, 0.2) is 24.3 Å². The van der Waals surface area contributed by atoms with Gasteiger partial charge in [0.25, 0.3) is 0 Å². The van der Waals surface area contributed by atoms with Crippen LogP contribution in [-0.4, -0.2) is 0 Å². The van der Waals surface area contributed by atoms with Crippen molar-refractivity contribution in [2.24, 2.45) is 0 Å². The number of rotatable bonds is 0. The molecule has 1 radical (unpaired) electrons. The van der Waals surface area contributed by atoms with Gasteiger partial charge in [0, 0.05) is 49.7 Å². The molecule has 0 fully saturated rings. The summed E-state index contributed by atoms with van der Waals surface area (Å²) in [5, 5.41) is 0. The Labute approximate surface area is 90.2 Å². The van der Waals surface area contributed by atoms with Crippen LogP contribution in [0.3, 0.4) is 0 Å². The van der Waals surface area contributed by atoms with Crippen LogP contribution in [0.2, 0.25) is 0 Å². The number of benzene rings is 1. The van der Waals surface area contributed by atoms with Crippen LogP contribution in [0.1, 0.15) is 0 Å². The fourth-order valence-electron chi connectivity index (χ4n) is 0.483. The molecule has 0 atom stereocenters.